The Labute approximate surface area is 93.1 Å². The topological polar surface area (TPSA) is 92.3 Å². The highest BCUT2D eigenvalue weighted by Crippen LogP contribution is 2.18. The van der Waals surface area contributed by atoms with Crippen molar-refractivity contribution in [3.8, 4) is 0 Å². The van der Waals surface area contributed by atoms with Crippen molar-refractivity contribution >= 4 is 11.8 Å². The number of anilines is 1. The van der Waals surface area contributed by atoms with Crippen molar-refractivity contribution in [1.82, 2.24) is 14.9 Å². The molecule has 1 aromatic heterocycles. The quantitative estimate of drug-likeness (QED) is 0.766. The van der Waals surface area contributed by atoms with Crippen LogP contribution in [0.4, 0.5) is 5.82 Å². The molecule has 0 saturated carbocycles. The lowest BCUT2D eigenvalue weighted by Gasteiger charge is -2.16. The Kier molecular flexibility index (Phi) is 3.00. The molecule has 1 saturated heterocycles. The summed E-state index contributed by atoms with van der Waals surface area (Å²) >= 11 is 0. The minimum atomic E-state index is -1.05. The number of carboxylic acid groups (broad SMARTS) is 1. The fourth-order valence-electron chi connectivity index (χ4n) is 1.93. The molecule has 0 aromatic carbocycles. The summed E-state index contributed by atoms with van der Waals surface area (Å²) < 4.78 is 0. The predicted molar refractivity (Wildman–Crippen MR) is 57.9 cm³/mol. The van der Waals surface area contributed by atoms with Crippen molar-refractivity contribution in [2.75, 3.05) is 18.8 Å². The molecular weight excluding hydrogens is 208 g/mol. The van der Waals surface area contributed by atoms with Gasteiger partial charge in [0.05, 0.1) is 0 Å². The van der Waals surface area contributed by atoms with Gasteiger partial charge in [0.2, 0.25) is 0 Å². The Balaban J connectivity index is 2.26. The normalized spacial score (nSPS) is 16.5. The highest BCUT2D eigenvalue weighted by atomic mass is 16.4. The number of aromatic nitrogens is 2. The van der Waals surface area contributed by atoms with Crippen molar-refractivity contribution in [3.05, 3.63) is 17.6 Å². The van der Waals surface area contributed by atoms with Crippen molar-refractivity contribution in [1.29, 1.82) is 0 Å². The van der Waals surface area contributed by atoms with Gasteiger partial charge in [0.1, 0.15) is 12.1 Å². The van der Waals surface area contributed by atoms with Crippen LogP contribution in [0.15, 0.2) is 6.33 Å². The Hall–Kier alpha value is -1.69. The number of hydrogen-bond donors (Lipinski definition) is 2. The van der Waals surface area contributed by atoms with Crippen LogP contribution < -0.4 is 5.73 Å². The standard InChI is InChI=1S/C10H14N4O2/c11-9-7(5-14-3-1-2-4-14)8(10(15)16)12-6-13-9/h6H,1-5H2,(H,15,16)(H2,11,12,13). The third-order valence-electron chi connectivity index (χ3n) is 2.76. The highest BCUT2D eigenvalue weighted by molar-refractivity contribution is 5.88. The molecule has 86 valence electrons. The number of nitrogens with zero attached hydrogens (tertiary/aromatic N) is 3. The zero-order valence-electron chi connectivity index (χ0n) is 8.89. The lowest BCUT2D eigenvalue weighted by Crippen LogP contribution is -2.22. The molecule has 2 heterocycles. The summed E-state index contributed by atoms with van der Waals surface area (Å²) in [5, 5.41) is 9.00. The number of hydrogen-bond acceptors (Lipinski definition) is 5. The molecule has 6 heteroatoms. The molecule has 1 aliphatic rings. The van der Waals surface area contributed by atoms with Gasteiger partial charge in [0, 0.05) is 12.1 Å². The second-order valence-electron chi connectivity index (χ2n) is 3.87. The number of carboxylic acids is 1. The van der Waals surface area contributed by atoms with Gasteiger partial charge in [0.15, 0.2) is 5.69 Å². The van der Waals surface area contributed by atoms with Crippen molar-refractivity contribution in [2.24, 2.45) is 0 Å². The fraction of sp³-hybridized carbons (Fsp3) is 0.500. The Bertz CT molecular complexity index is 402. The zero-order valence-corrected chi connectivity index (χ0v) is 8.89. The summed E-state index contributed by atoms with van der Waals surface area (Å²) in [4.78, 5) is 20.8. The molecule has 1 aliphatic heterocycles. The second kappa shape index (κ2) is 4.44. The van der Waals surface area contributed by atoms with Crippen LogP contribution in [0.1, 0.15) is 28.9 Å². The van der Waals surface area contributed by atoms with Crippen LogP contribution in [0.25, 0.3) is 0 Å². The number of aromatic carboxylic acids is 1. The van der Waals surface area contributed by atoms with Crippen LogP contribution >= 0.6 is 0 Å². The van der Waals surface area contributed by atoms with Crippen LogP contribution in [0.2, 0.25) is 0 Å². The van der Waals surface area contributed by atoms with E-state index in [0.717, 1.165) is 25.9 Å². The van der Waals surface area contributed by atoms with Crippen LogP contribution in [0.5, 0.6) is 0 Å². The zero-order chi connectivity index (χ0) is 11.5. The molecule has 0 spiro atoms. The average molecular weight is 222 g/mol. The van der Waals surface area contributed by atoms with Crippen molar-refractivity contribution < 1.29 is 9.90 Å². The van der Waals surface area contributed by atoms with Crippen LogP contribution in [0.3, 0.4) is 0 Å². The van der Waals surface area contributed by atoms with Gasteiger partial charge in [-0.3, -0.25) is 4.90 Å². The van der Waals surface area contributed by atoms with E-state index in [0.29, 0.717) is 12.1 Å². The van der Waals surface area contributed by atoms with Gasteiger partial charge in [-0.25, -0.2) is 14.8 Å². The predicted octanol–water partition coefficient (Wildman–Crippen LogP) is 0.353. The first kappa shape index (κ1) is 10.8. The van der Waals surface area contributed by atoms with Gasteiger partial charge in [-0.1, -0.05) is 0 Å². The third-order valence-corrected chi connectivity index (χ3v) is 2.76. The summed E-state index contributed by atoms with van der Waals surface area (Å²) in [6.45, 7) is 2.48. The molecule has 3 N–H and O–H groups in total. The Morgan fingerprint density at radius 3 is 2.75 bits per heavy atom. The van der Waals surface area contributed by atoms with Crippen LogP contribution in [-0.4, -0.2) is 39.0 Å². The highest BCUT2D eigenvalue weighted by Gasteiger charge is 2.20. The monoisotopic (exact) mass is 222 g/mol. The average Bonchev–Trinajstić information content (AvgIpc) is 2.73. The smallest absolute Gasteiger partial charge is 0.355 e. The van der Waals surface area contributed by atoms with E-state index in [9.17, 15) is 4.79 Å². The van der Waals surface area contributed by atoms with E-state index >= 15 is 0 Å². The Morgan fingerprint density at radius 2 is 2.12 bits per heavy atom. The summed E-state index contributed by atoms with van der Waals surface area (Å²) in [5.74, 6) is -0.789. The first-order valence-corrected chi connectivity index (χ1v) is 5.23. The largest absolute Gasteiger partial charge is 0.476 e. The summed E-state index contributed by atoms with van der Waals surface area (Å²) in [7, 11) is 0. The number of nitrogen functional groups attached to an aromatic ring is 1. The van der Waals surface area contributed by atoms with E-state index < -0.39 is 5.97 Å². The van der Waals surface area contributed by atoms with Gasteiger partial charge >= 0.3 is 5.97 Å². The van der Waals surface area contributed by atoms with Crippen molar-refractivity contribution in [3.63, 3.8) is 0 Å². The molecule has 6 nitrogen and oxygen atoms in total. The number of nitrogens with two attached hydrogens (primary N) is 1. The van der Waals surface area contributed by atoms with Gasteiger partial charge in [-0.2, -0.15) is 0 Å². The third kappa shape index (κ3) is 2.11. The second-order valence-corrected chi connectivity index (χ2v) is 3.87. The molecule has 0 aliphatic carbocycles. The van der Waals surface area contributed by atoms with Crippen LogP contribution in [0, 0.1) is 0 Å². The summed E-state index contributed by atoms with van der Waals surface area (Å²) in [6.07, 6.45) is 3.48. The van der Waals surface area contributed by atoms with E-state index in [1.54, 1.807) is 0 Å². The molecule has 0 bridgehead atoms. The summed E-state index contributed by atoms with van der Waals surface area (Å²) in [5.41, 5.74) is 6.23. The number of carbonyl (C=O) groups is 1. The maximum absolute atomic E-state index is 11.0. The molecular formula is C10H14N4O2. The van der Waals surface area contributed by atoms with E-state index in [1.807, 2.05) is 0 Å². The number of rotatable bonds is 3. The molecule has 16 heavy (non-hydrogen) atoms. The Morgan fingerprint density at radius 1 is 1.44 bits per heavy atom. The van der Waals surface area contributed by atoms with Gasteiger partial charge in [-0.05, 0) is 25.9 Å². The first-order valence-electron chi connectivity index (χ1n) is 5.23. The molecule has 0 radical (unpaired) electrons. The van der Waals surface area contributed by atoms with Crippen LogP contribution in [-0.2, 0) is 6.54 Å². The molecule has 0 unspecified atom stereocenters. The maximum Gasteiger partial charge on any atom is 0.355 e. The van der Waals surface area contributed by atoms with E-state index in [2.05, 4.69) is 14.9 Å². The van der Waals surface area contributed by atoms with Gasteiger partial charge in [0.25, 0.3) is 0 Å². The molecule has 2 rings (SSSR count). The molecule has 0 amide bonds. The lowest BCUT2D eigenvalue weighted by atomic mass is 10.2. The SMILES string of the molecule is Nc1ncnc(C(=O)O)c1CN1CCCC1. The minimum absolute atomic E-state index is 0.0133. The fourth-order valence-corrected chi connectivity index (χ4v) is 1.93. The van der Waals surface area contributed by atoms with Gasteiger partial charge in [-0.15, -0.1) is 0 Å². The van der Waals surface area contributed by atoms with E-state index in [-0.39, 0.29) is 11.5 Å². The summed E-state index contributed by atoms with van der Waals surface area (Å²) in [6, 6.07) is 0. The minimum Gasteiger partial charge on any atom is -0.476 e. The maximum atomic E-state index is 11.0. The molecule has 1 fully saturated rings. The van der Waals surface area contributed by atoms with Crippen molar-refractivity contribution in [2.45, 2.75) is 19.4 Å². The van der Waals surface area contributed by atoms with E-state index in [4.69, 9.17) is 10.8 Å². The van der Waals surface area contributed by atoms with E-state index in [1.165, 1.54) is 6.33 Å². The van der Waals surface area contributed by atoms with Gasteiger partial charge < -0.3 is 10.8 Å². The lowest BCUT2D eigenvalue weighted by molar-refractivity contribution is 0.0688. The molecule has 0 atom stereocenters. The number of likely N-dealkylation sites (tertiary alicyclic amines) is 1. The molecule has 1 aromatic rings. The first-order chi connectivity index (χ1) is 7.68.